The lowest BCUT2D eigenvalue weighted by Crippen LogP contribution is -2.34. The van der Waals surface area contributed by atoms with Crippen LogP contribution in [0.2, 0.25) is 5.02 Å². The zero-order chi connectivity index (χ0) is 14.8. The van der Waals surface area contributed by atoms with Crippen molar-refractivity contribution in [2.45, 2.75) is 25.3 Å². The Kier molecular flexibility index (Phi) is 3.85. The maximum atomic E-state index is 12.3. The van der Waals surface area contributed by atoms with E-state index in [2.05, 4.69) is 20.8 Å². The van der Waals surface area contributed by atoms with Gasteiger partial charge in [-0.2, -0.15) is 0 Å². The molecule has 1 amide bonds. The number of hydrogen-bond acceptors (Lipinski definition) is 5. The van der Waals surface area contributed by atoms with Gasteiger partial charge in [0.25, 0.3) is 0 Å². The monoisotopic (exact) mass is 306 g/mol. The predicted octanol–water partition coefficient (Wildman–Crippen LogP) is 1.38. The van der Waals surface area contributed by atoms with Crippen molar-refractivity contribution in [2.24, 2.45) is 11.7 Å². The number of benzene rings is 1. The van der Waals surface area contributed by atoms with Gasteiger partial charge in [0.2, 0.25) is 5.91 Å². The normalized spacial score (nSPS) is 21.4. The highest BCUT2D eigenvalue weighted by Crippen LogP contribution is 2.28. The molecule has 2 aromatic rings. The highest BCUT2D eigenvalue weighted by atomic mass is 35.5. The van der Waals surface area contributed by atoms with E-state index in [1.807, 2.05) is 0 Å². The summed E-state index contributed by atoms with van der Waals surface area (Å²) < 4.78 is 1.49. The molecular formula is C13H15ClN6O. The van der Waals surface area contributed by atoms with E-state index in [1.165, 1.54) is 11.0 Å². The Bertz CT molecular complexity index is 644. The van der Waals surface area contributed by atoms with Crippen molar-refractivity contribution in [3.8, 4) is 5.69 Å². The van der Waals surface area contributed by atoms with Crippen LogP contribution in [0.4, 0.5) is 5.69 Å². The number of rotatable bonds is 3. The second kappa shape index (κ2) is 5.79. The molecule has 0 radical (unpaired) electrons. The number of anilines is 1. The number of aromatic nitrogens is 4. The van der Waals surface area contributed by atoms with E-state index in [0.717, 1.165) is 24.9 Å². The van der Waals surface area contributed by atoms with E-state index in [4.69, 9.17) is 17.3 Å². The van der Waals surface area contributed by atoms with Crippen LogP contribution in [0.1, 0.15) is 19.3 Å². The summed E-state index contributed by atoms with van der Waals surface area (Å²) in [5.74, 6) is -0.242. The number of nitrogens with two attached hydrogens (primary N) is 1. The van der Waals surface area contributed by atoms with Gasteiger partial charge in [0.15, 0.2) is 0 Å². The molecule has 1 saturated carbocycles. The van der Waals surface area contributed by atoms with Gasteiger partial charge in [-0.05, 0) is 41.5 Å². The van der Waals surface area contributed by atoms with Gasteiger partial charge in [-0.1, -0.05) is 18.0 Å². The van der Waals surface area contributed by atoms with Crippen molar-refractivity contribution in [3.05, 3.63) is 29.5 Å². The van der Waals surface area contributed by atoms with Crippen LogP contribution in [0.15, 0.2) is 24.5 Å². The van der Waals surface area contributed by atoms with Crippen molar-refractivity contribution in [1.82, 2.24) is 20.2 Å². The maximum Gasteiger partial charge on any atom is 0.229 e. The number of hydrogen-bond donors (Lipinski definition) is 2. The fourth-order valence-corrected chi connectivity index (χ4v) is 2.74. The Morgan fingerprint density at radius 3 is 2.95 bits per heavy atom. The van der Waals surface area contributed by atoms with Crippen molar-refractivity contribution >= 4 is 23.2 Å². The minimum Gasteiger partial charge on any atom is -0.327 e. The number of halogens is 1. The number of nitrogens with one attached hydrogen (secondary N) is 1. The van der Waals surface area contributed by atoms with Crippen LogP contribution in [0, 0.1) is 5.92 Å². The molecule has 3 N–H and O–H groups in total. The van der Waals surface area contributed by atoms with Crippen molar-refractivity contribution in [2.75, 3.05) is 5.32 Å². The molecule has 110 valence electrons. The molecular weight excluding hydrogens is 292 g/mol. The molecule has 0 aliphatic heterocycles. The highest BCUT2D eigenvalue weighted by Gasteiger charge is 2.30. The molecule has 2 atom stereocenters. The number of nitrogens with zero attached hydrogens (tertiary/aromatic N) is 4. The molecule has 0 spiro atoms. The smallest absolute Gasteiger partial charge is 0.229 e. The minimum atomic E-state index is -0.155. The summed E-state index contributed by atoms with van der Waals surface area (Å²) in [6.07, 6.45) is 4.16. The van der Waals surface area contributed by atoms with Crippen LogP contribution < -0.4 is 11.1 Å². The maximum absolute atomic E-state index is 12.3. The Hall–Kier alpha value is -1.99. The van der Waals surface area contributed by atoms with E-state index in [0.29, 0.717) is 10.7 Å². The molecule has 1 aromatic heterocycles. The van der Waals surface area contributed by atoms with Crippen LogP contribution in [0.25, 0.3) is 5.69 Å². The quantitative estimate of drug-likeness (QED) is 0.892. The standard InChI is InChI=1S/C13H15ClN6O/c14-10-5-4-8(20-7-16-18-19-20)6-12(10)17-13(21)9-2-1-3-11(9)15/h4-7,9,11H,1-3,15H2,(H,17,21). The molecule has 0 saturated heterocycles. The first-order valence-corrected chi connectivity index (χ1v) is 7.12. The van der Waals surface area contributed by atoms with Crippen LogP contribution in [-0.2, 0) is 4.79 Å². The van der Waals surface area contributed by atoms with Gasteiger partial charge in [0, 0.05) is 6.04 Å². The van der Waals surface area contributed by atoms with E-state index in [9.17, 15) is 4.79 Å². The van der Waals surface area contributed by atoms with Crippen molar-refractivity contribution in [1.29, 1.82) is 0 Å². The zero-order valence-electron chi connectivity index (χ0n) is 11.2. The first kappa shape index (κ1) is 14.0. The summed E-state index contributed by atoms with van der Waals surface area (Å²) >= 11 is 6.14. The largest absolute Gasteiger partial charge is 0.327 e. The number of amides is 1. The third kappa shape index (κ3) is 2.88. The summed E-state index contributed by atoms with van der Waals surface area (Å²) in [4.78, 5) is 12.3. The lowest BCUT2D eigenvalue weighted by atomic mass is 10.0. The molecule has 1 aliphatic rings. The van der Waals surface area contributed by atoms with Crippen LogP contribution in [0.3, 0.4) is 0 Å². The lowest BCUT2D eigenvalue weighted by Gasteiger charge is -2.16. The number of carbonyl (C=O) groups excluding carboxylic acids is 1. The van der Waals surface area contributed by atoms with Gasteiger partial charge in [-0.3, -0.25) is 4.79 Å². The zero-order valence-corrected chi connectivity index (χ0v) is 12.0. The van der Waals surface area contributed by atoms with Gasteiger partial charge < -0.3 is 11.1 Å². The molecule has 7 nitrogen and oxygen atoms in total. The summed E-state index contributed by atoms with van der Waals surface area (Å²) in [5, 5.41) is 14.3. The first-order chi connectivity index (χ1) is 10.1. The van der Waals surface area contributed by atoms with Crippen molar-refractivity contribution in [3.63, 3.8) is 0 Å². The molecule has 1 fully saturated rings. The molecule has 1 aromatic carbocycles. The molecule has 1 heterocycles. The Labute approximate surface area is 126 Å². The van der Waals surface area contributed by atoms with Gasteiger partial charge in [-0.25, -0.2) is 4.68 Å². The summed E-state index contributed by atoms with van der Waals surface area (Å²) in [6.45, 7) is 0. The van der Waals surface area contributed by atoms with Gasteiger partial charge >= 0.3 is 0 Å². The Morgan fingerprint density at radius 1 is 1.43 bits per heavy atom. The average Bonchev–Trinajstić information content (AvgIpc) is 3.12. The summed E-state index contributed by atoms with van der Waals surface area (Å²) in [6, 6.07) is 5.13. The van der Waals surface area contributed by atoms with E-state index in [1.54, 1.807) is 18.2 Å². The molecule has 3 rings (SSSR count). The molecule has 2 unspecified atom stereocenters. The molecule has 0 bridgehead atoms. The predicted molar refractivity (Wildman–Crippen MR) is 78.1 cm³/mol. The van der Waals surface area contributed by atoms with Crippen molar-refractivity contribution < 1.29 is 4.79 Å². The second-order valence-corrected chi connectivity index (χ2v) is 5.52. The van der Waals surface area contributed by atoms with Gasteiger partial charge in [0.05, 0.1) is 22.3 Å². The second-order valence-electron chi connectivity index (χ2n) is 5.11. The topological polar surface area (TPSA) is 98.7 Å². The van der Waals surface area contributed by atoms with Crippen LogP contribution in [0.5, 0.6) is 0 Å². The minimum absolute atomic E-state index is 0.0773. The van der Waals surface area contributed by atoms with E-state index >= 15 is 0 Å². The SMILES string of the molecule is NC1CCCC1C(=O)Nc1cc(-n2cnnn2)ccc1Cl. The third-order valence-corrected chi connectivity index (χ3v) is 4.06. The fraction of sp³-hybridized carbons (Fsp3) is 0.385. The fourth-order valence-electron chi connectivity index (χ4n) is 2.57. The summed E-state index contributed by atoms with van der Waals surface area (Å²) in [7, 11) is 0. The van der Waals surface area contributed by atoms with Gasteiger partial charge in [0.1, 0.15) is 6.33 Å². The van der Waals surface area contributed by atoms with Gasteiger partial charge in [-0.15, -0.1) is 5.10 Å². The Balaban J connectivity index is 1.81. The van der Waals surface area contributed by atoms with E-state index < -0.39 is 0 Å². The lowest BCUT2D eigenvalue weighted by molar-refractivity contribution is -0.120. The molecule has 1 aliphatic carbocycles. The van der Waals surface area contributed by atoms with Crippen LogP contribution in [-0.4, -0.2) is 32.2 Å². The number of tetrazole rings is 1. The molecule has 8 heteroatoms. The first-order valence-electron chi connectivity index (χ1n) is 6.74. The third-order valence-electron chi connectivity index (χ3n) is 3.73. The number of carbonyl (C=O) groups is 1. The summed E-state index contributed by atoms with van der Waals surface area (Å²) in [5.41, 5.74) is 7.21. The Morgan fingerprint density at radius 2 is 2.29 bits per heavy atom. The van der Waals surface area contributed by atoms with E-state index in [-0.39, 0.29) is 17.9 Å². The van der Waals surface area contributed by atoms with Crippen LogP contribution >= 0.6 is 11.6 Å². The molecule has 21 heavy (non-hydrogen) atoms. The average molecular weight is 307 g/mol. The highest BCUT2D eigenvalue weighted by molar-refractivity contribution is 6.33.